The number of likely N-dealkylation sites (tertiary alicyclic amines) is 1. The Morgan fingerprint density at radius 3 is 2.83 bits per heavy atom. The predicted molar refractivity (Wildman–Crippen MR) is 93.2 cm³/mol. The van der Waals surface area contributed by atoms with Crippen molar-refractivity contribution >= 4 is 28.2 Å². The number of ether oxygens (including phenoxy) is 1. The normalized spacial score (nSPS) is 18.7. The first kappa shape index (κ1) is 17.9. The van der Waals surface area contributed by atoms with Gasteiger partial charge in [0.1, 0.15) is 5.00 Å². The van der Waals surface area contributed by atoms with Crippen LogP contribution in [0.5, 0.6) is 0 Å². The Kier molecular flexibility index (Phi) is 6.59. The summed E-state index contributed by atoms with van der Waals surface area (Å²) in [4.78, 5) is 27.7. The third-order valence-corrected chi connectivity index (χ3v) is 5.36. The van der Waals surface area contributed by atoms with E-state index in [2.05, 4.69) is 17.1 Å². The Balaban J connectivity index is 2.04. The van der Waals surface area contributed by atoms with Gasteiger partial charge in [-0.1, -0.05) is 13.3 Å². The zero-order valence-corrected chi connectivity index (χ0v) is 15.0. The highest BCUT2D eigenvalue weighted by molar-refractivity contribution is 7.16. The van der Waals surface area contributed by atoms with Gasteiger partial charge in [0, 0.05) is 10.9 Å². The van der Waals surface area contributed by atoms with Crippen molar-refractivity contribution < 1.29 is 14.3 Å². The number of carbonyl (C=O) groups is 2. The van der Waals surface area contributed by atoms with Crippen LogP contribution in [0.2, 0.25) is 0 Å². The Morgan fingerprint density at radius 2 is 2.17 bits per heavy atom. The molecule has 1 aromatic rings. The van der Waals surface area contributed by atoms with Crippen molar-refractivity contribution in [3.63, 3.8) is 0 Å². The summed E-state index contributed by atoms with van der Waals surface area (Å²) >= 11 is 1.45. The average Bonchev–Trinajstić information content (AvgIpc) is 2.93. The monoisotopic (exact) mass is 338 g/mol. The molecule has 2 heterocycles. The molecule has 1 aliphatic rings. The molecule has 5 nitrogen and oxygen atoms in total. The third-order valence-electron chi connectivity index (χ3n) is 4.17. The van der Waals surface area contributed by atoms with E-state index in [1.165, 1.54) is 17.8 Å². The van der Waals surface area contributed by atoms with Crippen LogP contribution in [-0.4, -0.2) is 42.5 Å². The number of rotatable bonds is 6. The lowest BCUT2D eigenvalue weighted by Crippen LogP contribution is -2.42. The Hall–Kier alpha value is -1.40. The maximum atomic E-state index is 12.4. The van der Waals surface area contributed by atoms with Gasteiger partial charge in [-0.05, 0) is 45.7 Å². The second-order valence-electron chi connectivity index (χ2n) is 5.89. The van der Waals surface area contributed by atoms with Crippen molar-refractivity contribution in [1.82, 2.24) is 4.90 Å². The largest absolute Gasteiger partial charge is 0.462 e. The summed E-state index contributed by atoms with van der Waals surface area (Å²) in [6.07, 6.45) is 4.35. The Labute approximate surface area is 142 Å². The fourth-order valence-corrected chi connectivity index (χ4v) is 3.81. The summed E-state index contributed by atoms with van der Waals surface area (Å²) < 4.78 is 5.08. The molecule has 1 aliphatic heterocycles. The minimum atomic E-state index is -0.370. The summed E-state index contributed by atoms with van der Waals surface area (Å²) in [5, 5.41) is 3.52. The first-order valence-corrected chi connectivity index (χ1v) is 9.20. The third kappa shape index (κ3) is 4.78. The number of anilines is 1. The van der Waals surface area contributed by atoms with E-state index in [9.17, 15) is 9.59 Å². The van der Waals surface area contributed by atoms with Gasteiger partial charge in [0.25, 0.3) is 0 Å². The molecule has 0 radical (unpaired) electrons. The van der Waals surface area contributed by atoms with Crippen LogP contribution in [0.1, 0.15) is 55.3 Å². The van der Waals surface area contributed by atoms with Gasteiger partial charge in [-0.3, -0.25) is 9.69 Å². The highest BCUT2D eigenvalue weighted by atomic mass is 32.1. The molecule has 0 aliphatic carbocycles. The molecule has 1 aromatic heterocycles. The number of thiophene rings is 1. The van der Waals surface area contributed by atoms with E-state index in [0.717, 1.165) is 30.7 Å². The zero-order chi connectivity index (χ0) is 16.8. The fraction of sp³-hybridized carbons (Fsp3) is 0.647. The minimum absolute atomic E-state index is 0.0613. The first-order chi connectivity index (χ1) is 11.0. The molecule has 1 saturated heterocycles. The quantitative estimate of drug-likeness (QED) is 0.809. The zero-order valence-electron chi connectivity index (χ0n) is 14.2. The lowest BCUT2D eigenvalue weighted by molar-refractivity contribution is -0.118. The minimum Gasteiger partial charge on any atom is -0.462 e. The molecule has 0 saturated carbocycles. The summed E-state index contributed by atoms with van der Waals surface area (Å²) in [7, 11) is 0. The van der Waals surface area contributed by atoms with E-state index in [0.29, 0.717) is 29.8 Å². The molecule has 23 heavy (non-hydrogen) atoms. The molecule has 2 rings (SSSR count). The van der Waals surface area contributed by atoms with Crippen molar-refractivity contribution in [3.05, 3.63) is 16.5 Å². The van der Waals surface area contributed by atoms with Gasteiger partial charge in [0.2, 0.25) is 5.91 Å². The summed E-state index contributed by atoms with van der Waals surface area (Å²) in [6, 6.07) is 2.26. The van der Waals surface area contributed by atoms with E-state index >= 15 is 0 Å². The van der Waals surface area contributed by atoms with Gasteiger partial charge in [-0.2, -0.15) is 0 Å². The number of aryl methyl sites for hydroxylation is 1. The number of carbonyl (C=O) groups excluding carboxylic acids is 2. The fourth-order valence-electron chi connectivity index (χ4n) is 2.81. The number of amides is 1. The molecule has 0 spiro atoms. The van der Waals surface area contributed by atoms with Crippen LogP contribution in [0.15, 0.2) is 6.07 Å². The average molecular weight is 338 g/mol. The number of esters is 1. The molecular formula is C17H26N2O3S. The molecule has 0 aromatic carbocycles. The molecule has 1 N–H and O–H groups in total. The van der Waals surface area contributed by atoms with Crippen LogP contribution in [0.4, 0.5) is 5.00 Å². The summed E-state index contributed by atoms with van der Waals surface area (Å²) in [5.41, 5.74) is 0.466. The Morgan fingerprint density at radius 1 is 1.39 bits per heavy atom. The van der Waals surface area contributed by atoms with Crippen molar-refractivity contribution in [2.75, 3.05) is 25.0 Å². The van der Waals surface area contributed by atoms with Gasteiger partial charge >= 0.3 is 5.97 Å². The maximum Gasteiger partial charge on any atom is 0.341 e. The second kappa shape index (κ2) is 8.45. The molecule has 128 valence electrons. The molecule has 1 atom stereocenters. The van der Waals surface area contributed by atoms with E-state index in [1.54, 1.807) is 6.92 Å². The van der Waals surface area contributed by atoms with Crippen molar-refractivity contribution in [3.8, 4) is 0 Å². The molecule has 0 bridgehead atoms. The van der Waals surface area contributed by atoms with Crippen molar-refractivity contribution in [1.29, 1.82) is 0 Å². The molecule has 6 heteroatoms. The van der Waals surface area contributed by atoms with E-state index in [4.69, 9.17) is 4.74 Å². The molecular weight excluding hydrogens is 312 g/mol. The van der Waals surface area contributed by atoms with Crippen LogP contribution in [0.25, 0.3) is 0 Å². The number of nitrogens with one attached hydrogen (secondary N) is 1. The molecule has 1 fully saturated rings. The van der Waals surface area contributed by atoms with Crippen LogP contribution in [-0.2, 0) is 16.0 Å². The smallest absolute Gasteiger partial charge is 0.341 e. The lowest BCUT2D eigenvalue weighted by atomic mass is 10.0. The topological polar surface area (TPSA) is 58.6 Å². The molecule has 1 unspecified atom stereocenters. The van der Waals surface area contributed by atoms with Gasteiger partial charge in [0.15, 0.2) is 0 Å². The van der Waals surface area contributed by atoms with Gasteiger partial charge in [-0.25, -0.2) is 4.79 Å². The lowest BCUT2D eigenvalue weighted by Gasteiger charge is -2.32. The molecule has 1 amide bonds. The Bertz CT molecular complexity index is 556. The highest BCUT2D eigenvalue weighted by Crippen LogP contribution is 2.29. The van der Waals surface area contributed by atoms with Crippen LogP contribution >= 0.6 is 11.3 Å². The van der Waals surface area contributed by atoms with Crippen molar-refractivity contribution in [2.24, 2.45) is 0 Å². The van der Waals surface area contributed by atoms with Crippen LogP contribution < -0.4 is 5.32 Å². The van der Waals surface area contributed by atoms with Gasteiger partial charge in [0.05, 0.1) is 18.7 Å². The highest BCUT2D eigenvalue weighted by Gasteiger charge is 2.23. The SMILES string of the molecule is CCOC(=O)c1cc(CC)sc1NC(=O)CN1CCCCC1C. The first-order valence-electron chi connectivity index (χ1n) is 8.38. The van der Waals surface area contributed by atoms with E-state index < -0.39 is 0 Å². The predicted octanol–water partition coefficient (Wildman–Crippen LogP) is 3.30. The number of hydrogen-bond donors (Lipinski definition) is 1. The standard InChI is InChI=1S/C17H26N2O3S/c1-4-13-10-14(17(21)22-5-2)16(23-13)18-15(20)11-19-9-7-6-8-12(19)3/h10,12H,4-9,11H2,1-3H3,(H,18,20). The summed E-state index contributed by atoms with van der Waals surface area (Å²) in [6.45, 7) is 7.64. The second-order valence-corrected chi connectivity index (χ2v) is 7.03. The van der Waals surface area contributed by atoms with Gasteiger partial charge < -0.3 is 10.1 Å². The number of piperidine rings is 1. The summed E-state index contributed by atoms with van der Waals surface area (Å²) in [5.74, 6) is -0.432. The van der Waals surface area contributed by atoms with Crippen LogP contribution in [0.3, 0.4) is 0 Å². The number of hydrogen-bond acceptors (Lipinski definition) is 5. The van der Waals surface area contributed by atoms with Gasteiger partial charge in [-0.15, -0.1) is 11.3 Å². The number of nitrogens with zero attached hydrogens (tertiary/aromatic N) is 1. The van der Waals surface area contributed by atoms with E-state index in [1.807, 2.05) is 13.0 Å². The van der Waals surface area contributed by atoms with E-state index in [-0.39, 0.29) is 11.9 Å². The van der Waals surface area contributed by atoms with Crippen LogP contribution in [0, 0.1) is 0 Å². The maximum absolute atomic E-state index is 12.4. The van der Waals surface area contributed by atoms with Crippen molar-refractivity contribution in [2.45, 2.75) is 52.5 Å².